The van der Waals surface area contributed by atoms with Gasteiger partial charge in [-0.25, -0.2) is 0 Å². The van der Waals surface area contributed by atoms with Crippen LogP contribution in [-0.2, 0) is 4.79 Å². The van der Waals surface area contributed by atoms with Gasteiger partial charge in [0, 0.05) is 11.8 Å². The second kappa shape index (κ2) is 5.03. The van der Waals surface area contributed by atoms with Crippen molar-refractivity contribution in [3.05, 3.63) is 0 Å². The first-order chi connectivity index (χ1) is 10.8. The summed E-state index contributed by atoms with van der Waals surface area (Å²) in [5, 5.41) is 31.3. The van der Waals surface area contributed by atoms with E-state index in [1.807, 2.05) is 0 Å². The van der Waals surface area contributed by atoms with Crippen molar-refractivity contribution in [2.24, 2.45) is 34.5 Å². The van der Waals surface area contributed by atoms with E-state index in [-0.39, 0.29) is 34.6 Å². The maximum Gasteiger partial charge on any atom is 0.162 e. The number of hydrogen-bond acceptors (Lipinski definition) is 4. The van der Waals surface area contributed by atoms with Crippen LogP contribution < -0.4 is 0 Å². The van der Waals surface area contributed by atoms with Crippen molar-refractivity contribution in [2.75, 3.05) is 0 Å². The summed E-state index contributed by atoms with van der Waals surface area (Å²) in [5.41, 5.74) is -0.183. The fourth-order valence-electron chi connectivity index (χ4n) is 6.97. The summed E-state index contributed by atoms with van der Waals surface area (Å²) in [7, 11) is 0. The van der Waals surface area contributed by atoms with Crippen molar-refractivity contribution in [1.82, 2.24) is 0 Å². The van der Waals surface area contributed by atoms with Crippen LogP contribution in [0, 0.1) is 34.5 Å². The summed E-state index contributed by atoms with van der Waals surface area (Å²) in [4.78, 5) is 12.2. The van der Waals surface area contributed by atoms with Gasteiger partial charge in [0.05, 0.1) is 12.2 Å². The van der Waals surface area contributed by atoms with Crippen molar-refractivity contribution < 1.29 is 20.1 Å². The number of aliphatic hydroxyl groups excluding tert-OH is 3. The van der Waals surface area contributed by atoms with Gasteiger partial charge < -0.3 is 15.3 Å². The molecule has 9 atom stereocenters. The molecule has 4 aliphatic rings. The van der Waals surface area contributed by atoms with Crippen LogP contribution in [0.15, 0.2) is 0 Å². The van der Waals surface area contributed by atoms with Crippen molar-refractivity contribution in [2.45, 2.75) is 77.1 Å². The van der Waals surface area contributed by atoms with Crippen molar-refractivity contribution in [3.8, 4) is 0 Å². The number of rotatable bonds is 0. The predicted octanol–water partition coefficient (Wildman–Crippen LogP) is 1.90. The minimum absolute atomic E-state index is 0.0308. The maximum absolute atomic E-state index is 12.2. The number of aliphatic hydroxyl groups is 3. The third-order valence-corrected chi connectivity index (χ3v) is 8.44. The number of carbonyl (C=O) groups excluding carboxylic acids is 1. The lowest BCUT2D eigenvalue weighted by Gasteiger charge is -2.61. The molecule has 4 fully saturated rings. The first kappa shape index (κ1) is 16.0. The topological polar surface area (TPSA) is 77.8 Å². The molecule has 4 rings (SSSR count). The SMILES string of the molecule is C[C@]12CC[C@H](O)C[C@@H]1C[C@H](O)[C@@H]1[C@@H]2CC[C@]2(C)[C@@H](O)C(=O)C[C@@H]12. The Balaban J connectivity index is 1.69. The fraction of sp³-hybridized carbons (Fsp3) is 0.947. The highest BCUT2D eigenvalue weighted by atomic mass is 16.3. The number of carbonyl (C=O) groups is 1. The Morgan fingerprint density at radius 3 is 2.39 bits per heavy atom. The van der Waals surface area contributed by atoms with E-state index in [2.05, 4.69) is 13.8 Å². The Labute approximate surface area is 138 Å². The zero-order valence-electron chi connectivity index (χ0n) is 14.2. The van der Waals surface area contributed by atoms with E-state index in [9.17, 15) is 20.1 Å². The Hall–Kier alpha value is -0.450. The van der Waals surface area contributed by atoms with Crippen LogP contribution in [0.4, 0.5) is 0 Å². The van der Waals surface area contributed by atoms with E-state index >= 15 is 0 Å². The molecule has 130 valence electrons. The van der Waals surface area contributed by atoms with Gasteiger partial charge in [0.1, 0.15) is 6.10 Å². The average molecular weight is 322 g/mol. The molecule has 4 heteroatoms. The van der Waals surface area contributed by atoms with Gasteiger partial charge in [-0.2, -0.15) is 0 Å². The van der Waals surface area contributed by atoms with Crippen molar-refractivity contribution in [3.63, 3.8) is 0 Å². The van der Waals surface area contributed by atoms with E-state index in [4.69, 9.17) is 0 Å². The fourth-order valence-corrected chi connectivity index (χ4v) is 6.97. The molecule has 4 nitrogen and oxygen atoms in total. The number of Topliss-reactive ketones (excluding diaryl/α,β-unsaturated/α-hetero) is 1. The Morgan fingerprint density at radius 2 is 1.65 bits per heavy atom. The molecule has 23 heavy (non-hydrogen) atoms. The Morgan fingerprint density at radius 1 is 0.957 bits per heavy atom. The highest BCUT2D eigenvalue weighted by Crippen LogP contribution is 2.65. The standard InChI is InChI=1S/C19H30O4/c1-18-5-3-11(20)7-10(18)8-14(21)16-12(18)4-6-19(2)13(16)9-15(22)17(19)23/h10-14,16-17,20-21,23H,3-9H2,1-2H3/t10-,11+,12+,13+,14+,16-,17+,18+,19+/m1/s1. The molecule has 0 aliphatic heterocycles. The second-order valence-corrected chi connectivity index (χ2v) is 9.34. The number of fused-ring (bicyclic) bond motifs is 5. The zero-order chi connectivity index (χ0) is 16.6. The highest BCUT2D eigenvalue weighted by Gasteiger charge is 2.64. The zero-order valence-corrected chi connectivity index (χ0v) is 14.2. The molecular weight excluding hydrogens is 292 g/mol. The monoisotopic (exact) mass is 322 g/mol. The minimum Gasteiger partial charge on any atom is -0.393 e. The van der Waals surface area contributed by atoms with Crippen LogP contribution in [0.2, 0.25) is 0 Å². The molecule has 3 N–H and O–H groups in total. The second-order valence-electron chi connectivity index (χ2n) is 9.34. The highest BCUT2D eigenvalue weighted by molar-refractivity contribution is 5.86. The van der Waals surface area contributed by atoms with Gasteiger partial charge in [-0.05, 0) is 67.6 Å². The van der Waals surface area contributed by atoms with E-state index in [1.54, 1.807) is 0 Å². The van der Waals surface area contributed by atoms with Gasteiger partial charge in [0.25, 0.3) is 0 Å². The van der Waals surface area contributed by atoms with Crippen LogP contribution in [0.1, 0.15) is 58.8 Å². The van der Waals surface area contributed by atoms with Crippen molar-refractivity contribution >= 4 is 5.78 Å². The van der Waals surface area contributed by atoms with Crippen molar-refractivity contribution in [1.29, 1.82) is 0 Å². The predicted molar refractivity (Wildman–Crippen MR) is 85.5 cm³/mol. The summed E-state index contributed by atoms with van der Waals surface area (Å²) < 4.78 is 0. The number of hydrogen-bond donors (Lipinski definition) is 3. The summed E-state index contributed by atoms with van der Waals surface area (Å²) in [5.74, 6) is 1.01. The van der Waals surface area contributed by atoms with Gasteiger partial charge in [-0.3, -0.25) is 4.79 Å². The number of ketones is 1. The molecule has 0 bridgehead atoms. The lowest BCUT2D eigenvalue weighted by molar-refractivity contribution is -0.177. The van der Waals surface area contributed by atoms with Crippen LogP contribution >= 0.6 is 0 Å². The lowest BCUT2D eigenvalue weighted by Crippen LogP contribution is -2.58. The van der Waals surface area contributed by atoms with Crippen LogP contribution in [-0.4, -0.2) is 39.4 Å². The molecule has 0 saturated heterocycles. The van der Waals surface area contributed by atoms with E-state index in [1.165, 1.54) is 0 Å². The molecule has 0 spiro atoms. The first-order valence-corrected chi connectivity index (χ1v) is 9.34. The van der Waals surface area contributed by atoms with E-state index in [0.29, 0.717) is 18.3 Å². The maximum atomic E-state index is 12.2. The Kier molecular flexibility index (Phi) is 3.51. The first-order valence-electron chi connectivity index (χ1n) is 9.34. The molecule has 4 aliphatic carbocycles. The molecule has 0 aromatic rings. The summed E-state index contributed by atoms with van der Waals surface area (Å²) in [6.07, 6.45) is 4.25. The van der Waals surface area contributed by atoms with E-state index in [0.717, 1.165) is 38.5 Å². The minimum atomic E-state index is -0.848. The molecule has 0 radical (unpaired) electrons. The van der Waals surface area contributed by atoms with Crippen LogP contribution in [0.5, 0.6) is 0 Å². The average Bonchev–Trinajstić information content (AvgIpc) is 2.73. The quantitative estimate of drug-likeness (QED) is 0.636. The molecule has 4 saturated carbocycles. The summed E-state index contributed by atoms with van der Waals surface area (Å²) in [6.45, 7) is 4.40. The third-order valence-electron chi connectivity index (χ3n) is 8.44. The third kappa shape index (κ3) is 2.04. The summed E-state index contributed by atoms with van der Waals surface area (Å²) in [6, 6.07) is 0. The van der Waals surface area contributed by atoms with Gasteiger partial charge in [-0.1, -0.05) is 13.8 Å². The van der Waals surface area contributed by atoms with Crippen LogP contribution in [0.25, 0.3) is 0 Å². The summed E-state index contributed by atoms with van der Waals surface area (Å²) >= 11 is 0. The Bertz CT molecular complexity index is 519. The smallest absolute Gasteiger partial charge is 0.162 e. The lowest BCUT2D eigenvalue weighted by atomic mass is 9.44. The van der Waals surface area contributed by atoms with Gasteiger partial charge in [0.15, 0.2) is 5.78 Å². The van der Waals surface area contributed by atoms with Gasteiger partial charge in [0.2, 0.25) is 0 Å². The van der Waals surface area contributed by atoms with E-state index < -0.39 is 12.2 Å². The van der Waals surface area contributed by atoms with Gasteiger partial charge >= 0.3 is 0 Å². The van der Waals surface area contributed by atoms with Crippen LogP contribution in [0.3, 0.4) is 0 Å². The molecular formula is C19H30O4. The normalized spacial score (nSPS) is 59.2. The molecule has 0 unspecified atom stereocenters. The van der Waals surface area contributed by atoms with Gasteiger partial charge in [-0.15, -0.1) is 0 Å². The largest absolute Gasteiger partial charge is 0.393 e. The molecule has 0 aromatic carbocycles. The molecule has 0 aromatic heterocycles. The molecule has 0 amide bonds. The molecule has 0 heterocycles.